The van der Waals surface area contributed by atoms with Crippen LogP contribution in [0, 0.1) is 0 Å². The number of nitrogens with one attached hydrogen (secondary N) is 1. The van der Waals surface area contributed by atoms with Crippen molar-refractivity contribution >= 4 is 15.6 Å². The van der Waals surface area contributed by atoms with Crippen molar-refractivity contribution in [1.82, 2.24) is 9.55 Å². The smallest absolute Gasteiger partial charge is 0.404 e. The number of aromatic amines is 1. The first kappa shape index (κ1) is 23.5. The molecule has 2 unspecified atom stereocenters. The van der Waals surface area contributed by atoms with E-state index in [1.54, 1.807) is 6.07 Å². The second-order valence-corrected chi connectivity index (χ2v) is 9.25. The molecular formula is C15H18N2O12P2. The SMILES string of the molecule is O=c1ccn([C@@H]2O[C@H](COP(=O)(O)OP(=O)(O)Oc3ccccc3)[C@@H](O)[C@H]2O)c(=O)[nH]1. The second-order valence-electron chi connectivity index (χ2n) is 6.28. The third-order valence-corrected chi connectivity index (χ3v) is 6.60. The number of aliphatic hydroxyl groups is 2. The summed E-state index contributed by atoms with van der Waals surface area (Å²) in [6.45, 7) is -0.869. The van der Waals surface area contributed by atoms with E-state index in [-0.39, 0.29) is 5.75 Å². The molecule has 0 radical (unpaired) electrons. The Labute approximate surface area is 173 Å². The average molecular weight is 480 g/mol. The van der Waals surface area contributed by atoms with Crippen molar-refractivity contribution in [2.24, 2.45) is 0 Å². The fourth-order valence-corrected chi connectivity index (χ4v) is 4.77. The number of rotatable bonds is 8. The van der Waals surface area contributed by atoms with Crippen LogP contribution in [0.4, 0.5) is 0 Å². The predicted octanol–water partition coefficient (Wildman–Crippen LogP) is -0.531. The Morgan fingerprint density at radius 2 is 1.71 bits per heavy atom. The largest absolute Gasteiger partial charge is 0.536 e. The second kappa shape index (κ2) is 9.17. The molecule has 0 saturated carbocycles. The Morgan fingerprint density at radius 3 is 2.35 bits per heavy atom. The normalized spacial score (nSPS) is 27.4. The fourth-order valence-electron chi connectivity index (χ4n) is 2.68. The summed E-state index contributed by atoms with van der Waals surface area (Å²) in [5.41, 5.74) is -1.63. The minimum absolute atomic E-state index is 0.111. The van der Waals surface area contributed by atoms with Gasteiger partial charge in [0, 0.05) is 12.3 Å². The maximum Gasteiger partial charge on any atom is 0.536 e. The average Bonchev–Trinajstić information content (AvgIpc) is 2.94. The number of para-hydroxylation sites is 1. The van der Waals surface area contributed by atoms with Crippen LogP contribution < -0.4 is 15.8 Å². The number of hydrogen-bond donors (Lipinski definition) is 5. The molecule has 6 atom stereocenters. The Kier molecular flexibility index (Phi) is 6.96. The van der Waals surface area contributed by atoms with Gasteiger partial charge < -0.3 is 24.4 Å². The van der Waals surface area contributed by atoms with Crippen molar-refractivity contribution in [2.45, 2.75) is 24.5 Å². The molecule has 1 aromatic carbocycles. The number of ether oxygens (including phenoxy) is 1. The van der Waals surface area contributed by atoms with Crippen LogP contribution in [0.25, 0.3) is 0 Å². The zero-order valence-electron chi connectivity index (χ0n) is 15.5. The quantitative estimate of drug-likeness (QED) is 0.302. The van der Waals surface area contributed by atoms with Crippen LogP contribution in [0.5, 0.6) is 5.75 Å². The molecule has 3 rings (SSSR count). The lowest BCUT2D eigenvalue weighted by molar-refractivity contribution is -0.0542. The highest BCUT2D eigenvalue weighted by Gasteiger charge is 2.46. The van der Waals surface area contributed by atoms with Gasteiger partial charge in [-0.05, 0) is 12.1 Å². The molecule has 0 amide bonds. The van der Waals surface area contributed by atoms with Gasteiger partial charge in [-0.1, -0.05) is 18.2 Å². The maximum absolute atomic E-state index is 12.0. The number of aliphatic hydroxyl groups excluding tert-OH is 2. The van der Waals surface area contributed by atoms with E-state index in [0.29, 0.717) is 0 Å². The lowest BCUT2D eigenvalue weighted by Gasteiger charge is -2.19. The van der Waals surface area contributed by atoms with Crippen molar-refractivity contribution in [3.63, 3.8) is 0 Å². The van der Waals surface area contributed by atoms with Crippen LogP contribution >= 0.6 is 15.6 Å². The van der Waals surface area contributed by atoms with Crippen molar-refractivity contribution in [2.75, 3.05) is 6.61 Å². The Balaban J connectivity index is 1.63. The van der Waals surface area contributed by atoms with E-state index in [1.165, 1.54) is 24.3 Å². The van der Waals surface area contributed by atoms with Gasteiger partial charge >= 0.3 is 21.3 Å². The van der Waals surface area contributed by atoms with Gasteiger partial charge in [-0.15, -0.1) is 0 Å². The predicted molar refractivity (Wildman–Crippen MR) is 101 cm³/mol. The molecule has 0 bridgehead atoms. The van der Waals surface area contributed by atoms with E-state index in [2.05, 4.69) is 13.4 Å². The Morgan fingerprint density at radius 1 is 1.03 bits per heavy atom. The summed E-state index contributed by atoms with van der Waals surface area (Å²) in [4.78, 5) is 44.3. The summed E-state index contributed by atoms with van der Waals surface area (Å²) in [5.74, 6) is -0.111. The first-order chi connectivity index (χ1) is 14.5. The summed E-state index contributed by atoms with van der Waals surface area (Å²) >= 11 is 0. The number of hydrogen-bond acceptors (Lipinski definition) is 10. The summed E-state index contributed by atoms with van der Waals surface area (Å²) in [5, 5.41) is 20.2. The number of nitrogens with zero attached hydrogens (tertiary/aromatic N) is 1. The lowest BCUT2D eigenvalue weighted by Crippen LogP contribution is -2.37. The first-order valence-corrected chi connectivity index (χ1v) is 11.6. The highest BCUT2D eigenvalue weighted by atomic mass is 31.3. The summed E-state index contributed by atoms with van der Waals surface area (Å²) in [6.07, 6.45) is -5.20. The van der Waals surface area contributed by atoms with Gasteiger partial charge in [-0.2, -0.15) is 4.31 Å². The van der Waals surface area contributed by atoms with Gasteiger partial charge in [0.2, 0.25) is 0 Å². The molecule has 0 aliphatic carbocycles. The molecule has 31 heavy (non-hydrogen) atoms. The summed E-state index contributed by atoms with van der Waals surface area (Å²) < 4.78 is 43.4. The molecule has 2 heterocycles. The van der Waals surface area contributed by atoms with Crippen molar-refractivity contribution < 1.29 is 47.2 Å². The van der Waals surface area contributed by atoms with Gasteiger partial charge in [-0.3, -0.25) is 23.8 Å². The van der Waals surface area contributed by atoms with Crippen LogP contribution in [0.1, 0.15) is 6.23 Å². The summed E-state index contributed by atoms with van der Waals surface area (Å²) in [6, 6.07) is 8.16. The van der Waals surface area contributed by atoms with Gasteiger partial charge in [0.1, 0.15) is 24.1 Å². The molecular weight excluding hydrogens is 462 g/mol. The van der Waals surface area contributed by atoms with Gasteiger partial charge in [0.25, 0.3) is 5.56 Å². The van der Waals surface area contributed by atoms with E-state index >= 15 is 0 Å². The molecule has 1 aliphatic heterocycles. The molecule has 14 nitrogen and oxygen atoms in total. The van der Waals surface area contributed by atoms with Crippen LogP contribution in [-0.4, -0.2) is 54.5 Å². The van der Waals surface area contributed by atoms with E-state index < -0.39 is 58.0 Å². The molecule has 16 heteroatoms. The van der Waals surface area contributed by atoms with Crippen molar-refractivity contribution in [3.05, 3.63) is 63.4 Å². The number of benzene rings is 1. The third kappa shape index (κ3) is 5.98. The molecule has 1 aromatic heterocycles. The van der Waals surface area contributed by atoms with Crippen LogP contribution in [0.15, 0.2) is 52.2 Å². The number of phosphoric ester groups is 2. The van der Waals surface area contributed by atoms with E-state index in [4.69, 9.17) is 4.74 Å². The number of aromatic nitrogens is 2. The standard InChI is InChI=1S/C15H18N2O12P2/c18-11-6-7-17(15(21)16-11)14-13(20)12(19)10(27-14)8-26-30(22,23)29-31(24,25)28-9-4-2-1-3-5-9/h1-7,10,12-14,19-20H,8H2,(H,22,23)(H,24,25)(H,16,18,21)/t10-,12-,13-,14-/m1/s1. The van der Waals surface area contributed by atoms with E-state index in [0.717, 1.165) is 16.8 Å². The van der Waals surface area contributed by atoms with E-state index in [1.807, 2.05) is 4.98 Å². The lowest BCUT2D eigenvalue weighted by atomic mass is 10.1. The van der Waals surface area contributed by atoms with E-state index in [9.17, 15) is 38.7 Å². The van der Waals surface area contributed by atoms with Gasteiger partial charge in [0.05, 0.1) is 6.61 Å². The van der Waals surface area contributed by atoms with Crippen LogP contribution in [-0.2, 0) is 22.7 Å². The molecule has 1 fully saturated rings. The third-order valence-electron chi connectivity index (χ3n) is 4.03. The van der Waals surface area contributed by atoms with Crippen LogP contribution in [0.2, 0.25) is 0 Å². The minimum atomic E-state index is -5.18. The highest BCUT2D eigenvalue weighted by Crippen LogP contribution is 2.60. The Hall–Kier alpha value is -2.12. The molecule has 170 valence electrons. The Bertz CT molecular complexity index is 1120. The zero-order chi connectivity index (χ0) is 22.8. The number of phosphoric acid groups is 2. The number of H-pyrrole nitrogens is 1. The fraction of sp³-hybridized carbons (Fsp3) is 0.333. The minimum Gasteiger partial charge on any atom is -0.404 e. The van der Waals surface area contributed by atoms with Crippen molar-refractivity contribution in [3.8, 4) is 5.75 Å². The zero-order valence-corrected chi connectivity index (χ0v) is 17.2. The summed E-state index contributed by atoms with van der Waals surface area (Å²) in [7, 11) is -10.3. The van der Waals surface area contributed by atoms with Gasteiger partial charge in [0.15, 0.2) is 6.23 Å². The topological polar surface area (TPSA) is 207 Å². The van der Waals surface area contributed by atoms with Crippen LogP contribution in [0.3, 0.4) is 0 Å². The maximum atomic E-state index is 12.0. The molecule has 2 aromatic rings. The molecule has 0 spiro atoms. The highest BCUT2D eigenvalue weighted by molar-refractivity contribution is 7.61. The first-order valence-electron chi connectivity index (χ1n) is 8.57. The molecule has 1 aliphatic rings. The van der Waals surface area contributed by atoms with Gasteiger partial charge in [-0.25, -0.2) is 13.9 Å². The molecule has 1 saturated heterocycles. The molecule has 5 N–H and O–H groups in total. The monoisotopic (exact) mass is 480 g/mol. The van der Waals surface area contributed by atoms with Crippen molar-refractivity contribution in [1.29, 1.82) is 0 Å².